The van der Waals surface area contributed by atoms with Gasteiger partial charge in [-0.1, -0.05) is 44.6 Å². The van der Waals surface area contributed by atoms with Crippen LogP contribution in [-0.2, 0) is 11.2 Å². The number of hydrogen-bond donors (Lipinski definition) is 4. The highest BCUT2D eigenvalue weighted by atomic mass is 32.2. The van der Waals surface area contributed by atoms with Crippen LogP contribution >= 0.6 is 11.8 Å². The summed E-state index contributed by atoms with van der Waals surface area (Å²) in [6, 6.07) is 5.69. The van der Waals surface area contributed by atoms with Gasteiger partial charge in [0.25, 0.3) is 11.8 Å². The zero-order valence-electron chi connectivity index (χ0n) is 23.3. The van der Waals surface area contributed by atoms with Crippen molar-refractivity contribution >= 4 is 22.7 Å². The van der Waals surface area contributed by atoms with E-state index < -0.39 is 18.0 Å². The van der Waals surface area contributed by atoms with Gasteiger partial charge in [-0.3, -0.25) is 9.78 Å². The van der Waals surface area contributed by atoms with Crippen molar-refractivity contribution in [3.63, 3.8) is 0 Å². The first-order chi connectivity index (χ1) is 19.0. The lowest BCUT2D eigenvalue weighted by Gasteiger charge is -2.18. The number of carbonyl (C=O) groups excluding carboxylic acids is 1. The summed E-state index contributed by atoms with van der Waals surface area (Å²) < 4.78 is 42.4. The fraction of sp³-hybridized carbons (Fsp3) is 0.464. The molecule has 1 aromatic rings. The number of aromatic nitrogens is 1. The molecule has 7 N–H and O–H groups in total. The summed E-state index contributed by atoms with van der Waals surface area (Å²) in [7, 11) is 0. The van der Waals surface area contributed by atoms with Crippen LogP contribution in [0.5, 0.6) is 0 Å². The summed E-state index contributed by atoms with van der Waals surface area (Å²) >= 11 is 1.44. The smallest absolute Gasteiger partial charge is 0.270 e. The normalized spacial score (nSPS) is 13.9. The number of aryl methyl sites for hydroxylation is 1. The molecule has 1 amide bonds. The Labute approximate surface area is 239 Å². The Morgan fingerprint density at radius 2 is 2.12 bits per heavy atom. The molecule has 1 atom stereocenters. The van der Waals surface area contributed by atoms with Crippen molar-refractivity contribution < 1.29 is 18.0 Å². The van der Waals surface area contributed by atoms with Gasteiger partial charge >= 0.3 is 0 Å². The van der Waals surface area contributed by atoms with Crippen LogP contribution in [0.1, 0.15) is 51.6 Å². The van der Waals surface area contributed by atoms with Crippen LogP contribution in [0.15, 0.2) is 77.3 Å². The first-order valence-corrected chi connectivity index (χ1v) is 14.1. The second kappa shape index (κ2) is 18.9. The van der Waals surface area contributed by atoms with Gasteiger partial charge in [0.05, 0.1) is 11.6 Å². The SMILES string of the molecule is C=C(/C=C(\C=C/CCCC)C(C)(F)F)CNC(=O)/C(N)=C/N(N)CC(F)CC/C(=N/N)SCCc1ccccn1. The third-order valence-corrected chi connectivity index (χ3v) is 6.56. The van der Waals surface area contributed by atoms with E-state index in [0.717, 1.165) is 43.1 Å². The molecule has 0 aromatic carbocycles. The number of carbonyl (C=O) groups is 1. The summed E-state index contributed by atoms with van der Waals surface area (Å²) in [6.45, 7) is 6.24. The molecular weight excluding hydrogens is 539 g/mol. The van der Waals surface area contributed by atoms with Crippen LogP contribution in [0.4, 0.5) is 13.2 Å². The van der Waals surface area contributed by atoms with Crippen molar-refractivity contribution in [3.8, 4) is 0 Å². The molecule has 0 aliphatic heterocycles. The van der Waals surface area contributed by atoms with E-state index in [1.807, 2.05) is 25.1 Å². The Morgan fingerprint density at radius 1 is 1.38 bits per heavy atom. The molecule has 40 heavy (non-hydrogen) atoms. The maximum Gasteiger partial charge on any atom is 0.270 e. The van der Waals surface area contributed by atoms with E-state index in [9.17, 15) is 18.0 Å². The lowest BCUT2D eigenvalue weighted by molar-refractivity contribution is -0.117. The molecule has 1 aromatic heterocycles. The number of unbranched alkanes of at least 4 members (excludes halogenated alkanes) is 2. The molecule has 0 aliphatic carbocycles. The van der Waals surface area contributed by atoms with E-state index in [0.29, 0.717) is 23.6 Å². The monoisotopic (exact) mass is 581 g/mol. The first kappa shape index (κ1) is 34.8. The first-order valence-electron chi connectivity index (χ1n) is 13.1. The minimum absolute atomic E-state index is 0.106. The van der Waals surface area contributed by atoms with Gasteiger partial charge in [-0.15, -0.1) is 11.8 Å². The Hall–Kier alpha value is -3.25. The predicted molar refractivity (Wildman–Crippen MR) is 159 cm³/mol. The fourth-order valence-electron chi connectivity index (χ4n) is 3.30. The maximum absolute atomic E-state index is 14.5. The molecule has 0 radical (unpaired) electrons. The van der Waals surface area contributed by atoms with Gasteiger partial charge in [0.1, 0.15) is 11.9 Å². The second-order valence-corrected chi connectivity index (χ2v) is 10.4. The number of nitrogens with one attached hydrogen (secondary N) is 1. The number of thioether (sulfide) groups is 1. The number of halogens is 3. The number of hydrazone groups is 1. The van der Waals surface area contributed by atoms with Crippen LogP contribution < -0.4 is 22.7 Å². The highest BCUT2D eigenvalue weighted by molar-refractivity contribution is 8.13. The molecule has 0 bridgehead atoms. The Morgan fingerprint density at radius 3 is 2.75 bits per heavy atom. The number of allylic oxidation sites excluding steroid dienone is 3. The standard InChI is InChI=1S/C28H42F3N7OS/c1-4-5-6-7-10-22(28(3,30)31)17-21(2)18-36-27(39)25(32)20-38(34)19-23(29)12-13-26(37-33)40-16-14-24-11-8-9-15-35-24/h7-11,15,17,20,23H,2,4-6,12-14,16,18-19,32-34H2,1,3H3,(H,36,39)/b10-7-,22-17+,25-20-,37-26-. The number of nitrogens with zero attached hydrogens (tertiary/aromatic N) is 3. The van der Waals surface area contributed by atoms with Gasteiger partial charge in [-0.2, -0.15) is 5.10 Å². The van der Waals surface area contributed by atoms with Gasteiger partial charge in [-0.05, 0) is 43.0 Å². The Balaban J connectivity index is 2.49. The van der Waals surface area contributed by atoms with E-state index in [1.165, 1.54) is 23.9 Å². The number of pyridine rings is 1. The summed E-state index contributed by atoms with van der Waals surface area (Å²) in [5, 5.41) is 7.83. The molecule has 0 spiro atoms. The quantitative estimate of drug-likeness (QED) is 0.0375. The number of hydrazine groups is 1. The predicted octanol–water partition coefficient (Wildman–Crippen LogP) is 4.72. The van der Waals surface area contributed by atoms with Crippen molar-refractivity contribution in [1.29, 1.82) is 0 Å². The molecule has 0 aliphatic rings. The highest BCUT2D eigenvalue weighted by Crippen LogP contribution is 2.25. The molecule has 12 heteroatoms. The van der Waals surface area contributed by atoms with Crippen LogP contribution in [0, 0.1) is 0 Å². The lowest BCUT2D eigenvalue weighted by atomic mass is 10.1. The van der Waals surface area contributed by atoms with Crippen molar-refractivity contribution in [2.24, 2.45) is 22.5 Å². The minimum atomic E-state index is -3.06. The van der Waals surface area contributed by atoms with Crippen LogP contribution in [0.3, 0.4) is 0 Å². The molecule has 0 saturated heterocycles. The Bertz CT molecular complexity index is 1040. The zero-order chi connectivity index (χ0) is 30.0. The van der Waals surface area contributed by atoms with E-state index in [-0.39, 0.29) is 36.4 Å². The summed E-state index contributed by atoms with van der Waals surface area (Å²) in [6.07, 6.45) is 9.57. The van der Waals surface area contributed by atoms with Gasteiger partial charge in [0.2, 0.25) is 0 Å². The maximum atomic E-state index is 14.5. The average Bonchev–Trinajstić information content (AvgIpc) is 2.90. The lowest BCUT2D eigenvalue weighted by Crippen LogP contribution is -2.36. The zero-order valence-corrected chi connectivity index (χ0v) is 24.1. The largest absolute Gasteiger partial charge is 0.393 e. The summed E-state index contributed by atoms with van der Waals surface area (Å²) in [5.74, 6) is 8.21. The molecule has 1 unspecified atom stereocenters. The summed E-state index contributed by atoms with van der Waals surface area (Å²) in [5.41, 5.74) is 6.52. The second-order valence-electron chi connectivity index (χ2n) is 9.23. The van der Waals surface area contributed by atoms with Crippen molar-refractivity contribution in [3.05, 3.63) is 77.9 Å². The van der Waals surface area contributed by atoms with E-state index >= 15 is 0 Å². The van der Waals surface area contributed by atoms with Gasteiger partial charge in [0.15, 0.2) is 0 Å². The molecular formula is C28H42F3N7OS. The number of hydrogen-bond acceptors (Lipinski definition) is 8. The molecule has 0 saturated carbocycles. The van der Waals surface area contributed by atoms with Gasteiger partial charge < -0.3 is 21.9 Å². The van der Waals surface area contributed by atoms with E-state index in [2.05, 4.69) is 22.0 Å². The van der Waals surface area contributed by atoms with Crippen LogP contribution in [0.25, 0.3) is 0 Å². The molecule has 0 fully saturated rings. The number of rotatable bonds is 18. The molecule has 222 valence electrons. The third kappa shape index (κ3) is 15.4. The molecule has 1 heterocycles. The highest BCUT2D eigenvalue weighted by Gasteiger charge is 2.25. The van der Waals surface area contributed by atoms with Crippen molar-refractivity contribution in [2.75, 3.05) is 18.8 Å². The molecule has 8 nitrogen and oxygen atoms in total. The van der Waals surface area contributed by atoms with Crippen LogP contribution in [-0.4, -0.2) is 51.9 Å². The fourth-order valence-corrected chi connectivity index (χ4v) is 4.19. The van der Waals surface area contributed by atoms with E-state index in [1.54, 1.807) is 12.3 Å². The van der Waals surface area contributed by atoms with Crippen LogP contribution in [0.2, 0.25) is 0 Å². The molecule has 1 rings (SSSR count). The number of amides is 1. The van der Waals surface area contributed by atoms with Crippen molar-refractivity contribution in [1.82, 2.24) is 15.3 Å². The van der Waals surface area contributed by atoms with Crippen molar-refractivity contribution in [2.45, 2.75) is 64.5 Å². The average molecular weight is 582 g/mol. The number of nitrogens with two attached hydrogens (primary N) is 3. The van der Waals surface area contributed by atoms with Gasteiger partial charge in [0, 0.05) is 49.3 Å². The van der Waals surface area contributed by atoms with Gasteiger partial charge in [-0.25, -0.2) is 19.0 Å². The third-order valence-electron chi connectivity index (χ3n) is 5.51. The minimum Gasteiger partial charge on any atom is -0.393 e. The topological polar surface area (TPSA) is 136 Å². The Kier molecular flexibility index (Phi) is 16.5. The summed E-state index contributed by atoms with van der Waals surface area (Å²) in [4.78, 5) is 16.6. The number of alkyl halides is 3. The van der Waals surface area contributed by atoms with E-state index in [4.69, 9.17) is 17.4 Å².